The zero-order valence-electron chi connectivity index (χ0n) is 8.23. The predicted octanol–water partition coefficient (Wildman–Crippen LogP) is 3.83. The van der Waals surface area contributed by atoms with Gasteiger partial charge in [0.1, 0.15) is 0 Å². The fraction of sp³-hybridized carbons (Fsp3) is 0.400. The second-order valence-electron chi connectivity index (χ2n) is 3.31. The third kappa shape index (κ3) is 4.07. The molecule has 0 aromatic heterocycles. The highest BCUT2D eigenvalue weighted by molar-refractivity contribution is 6.41. The smallest absolute Gasteiger partial charge is 0.0720 e. The molecule has 0 radical (unpaired) electrons. The lowest BCUT2D eigenvalue weighted by molar-refractivity contribution is 0.189. The van der Waals surface area contributed by atoms with Crippen LogP contribution >= 0.6 is 34.8 Å². The summed E-state index contributed by atoms with van der Waals surface area (Å²) in [6.07, 6.45) is 0.289. The van der Waals surface area contributed by atoms with Crippen LogP contribution in [-0.2, 0) is 0 Å². The summed E-state index contributed by atoms with van der Waals surface area (Å²) in [6.45, 7) is 2.34. The Balaban J connectivity index is 2.68. The number of nitrogens with one attached hydrogen (secondary N) is 1. The quantitative estimate of drug-likeness (QED) is 0.870. The lowest BCUT2D eigenvalue weighted by Crippen LogP contribution is -2.10. The molecular formula is C10H12Cl3NO. The van der Waals surface area contributed by atoms with Crippen molar-refractivity contribution in [3.8, 4) is 0 Å². The molecule has 0 aliphatic rings. The van der Waals surface area contributed by atoms with E-state index in [-0.39, 0.29) is 6.10 Å². The van der Waals surface area contributed by atoms with E-state index in [9.17, 15) is 0 Å². The standard InChI is InChI=1S/C10H12Cl3NO/c1-6(15)2-3-14-10-8(12)4-7(11)5-9(10)13/h4-6,14-15H,2-3H2,1H3. The highest BCUT2D eigenvalue weighted by Gasteiger charge is 2.07. The summed E-state index contributed by atoms with van der Waals surface area (Å²) in [7, 11) is 0. The van der Waals surface area contributed by atoms with Crippen molar-refractivity contribution in [2.45, 2.75) is 19.4 Å². The fourth-order valence-electron chi connectivity index (χ4n) is 1.12. The molecule has 0 aliphatic heterocycles. The summed E-state index contributed by atoms with van der Waals surface area (Å²) in [5.41, 5.74) is 0.656. The first-order valence-electron chi connectivity index (χ1n) is 4.57. The molecule has 0 amide bonds. The van der Waals surface area contributed by atoms with Crippen molar-refractivity contribution >= 4 is 40.5 Å². The first kappa shape index (κ1) is 12.9. The van der Waals surface area contributed by atoms with E-state index >= 15 is 0 Å². The van der Waals surface area contributed by atoms with Gasteiger partial charge in [-0.25, -0.2) is 0 Å². The van der Waals surface area contributed by atoms with Gasteiger partial charge in [0.15, 0.2) is 0 Å². The average Bonchev–Trinajstić information content (AvgIpc) is 2.08. The SMILES string of the molecule is CC(O)CCNc1c(Cl)cc(Cl)cc1Cl. The Kier molecular flexibility index (Phi) is 5.00. The van der Waals surface area contributed by atoms with E-state index < -0.39 is 0 Å². The summed E-state index contributed by atoms with van der Waals surface area (Å²) < 4.78 is 0. The maximum Gasteiger partial charge on any atom is 0.0720 e. The molecule has 2 nitrogen and oxygen atoms in total. The minimum absolute atomic E-state index is 0.345. The van der Waals surface area contributed by atoms with Crippen molar-refractivity contribution < 1.29 is 5.11 Å². The monoisotopic (exact) mass is 267 g/mol. The van der Waals surface area contributed by atoms with Crippen molar-refractivity contribution in [1.29, 1.82) is 0 Å². The van der Waals surface area contributed by atoms with Crippen LogP contribution < -0.4 is 5.32 Å². The zero-order valence-corrected chi connectivity index (χ0v) is 10.5. The minimum atomic E-state index is -0.345. The number of hydrogen-bond donors (Lipinski definition) is 2. The van der Waals surface area contributed by atoms with Gasteiger partial charge in [0.05, 0.1) is 21.8 Å². The fourth-order valence-corrected chi connectivity index (χ4v) is 2.07. The number of rotatable bonds is 4. The molecular weight excluding hydrogens is 256 g/mol. The molecule has 0 saturated heterocycles. The molecule has 1 unspecified atom stereocenters. The van der Waals surface area contributed by atoms with Crippen LogP contribution in [-0.4, -0.2) is 17.8 Å². The van der Waals surface area contributed by atoms with Gasteiger partial charge in [-0.3, -0.25) is 0 Å². The van der Waals surface area contributed by atoms with Crippen LogP contribution in [0.2, 0.25) is 15.1 Å². The lowest BCUT2D eigenvalue weighted by Gasteiger charge is -2.11. The maximum absolute atomic E-state index is 9.09. The Morgan fingerprint density at radius 3 is 2.27 bits per heavy atom. The number of anilines is 1. The van der Waals surface area contributed by atoms with E-state index in [1.165, 1.54) is 0 Å². The molecule has 1 rings (SSSR count). The Bertz CT molecular complexity index is 318. The van der Waals surface area contributed by atoms with Gasteiger partial charge in [-0.05, 0) is 25.5 Å². The molecule has 2 N–H and O–H groups in total. The van der Waals surface area contributed by atoms with Gasteiger partial charge in [0.25, 0.3) is 0 Å². The van der Waals surface area contributed by atoms with Gasteiger partial charge in [-0.1, -0.05) is 34.8 Å². The lowest BCUT2D eigenvalue weighted by atomic mass is 10.2. The Labute approximate surface area is 104 Å². The topological polar surface area (TPSA) is 32.3 Å². The first-order valence-corrected chi connectivity index (χ1v) is 5.70. The van der Waals surface area contributed by atoms with Gasteiger partial charge in [-0.2, -0.15) is 0 Å². The van der Waals surface area contributed by atoms with Gasteiger partial charge < -0.3 is 10.4 Å². The Morgan fingerprint density at radius 2 is 1.80 bits per heavy atom. The molecule has 0 aliphatic carbocycles. The first-order chi connectivity index (χ1) is 7.00. The number of aliphatic hydroxyl groups excluding tert-OH is 1. The molecule has 15 heavy (non-hydrogen) atoms. The maximum atomic E-state index is 9.09. The van der Waals surface area contributed by atoms with Crippen LogP contribution in [0.4, 0.5) is 5.69 Å². The van der Waals surface area contributed by atoms with Gasteiger partial charge in [0, 0.05) is 11.6 Å². The van der Waals surface area contributed by atoms with Crippen molar-refractivity contribution in [2.75, 3.05) is 11.9 Å². The molecule has 5 heteroatoms. The third-order valence-corrected chi connectivity index (χ3v) is 2.69. The number of hydrogen-bond acceptors (Lipinski definition) is 2. The van der Waals surface area contributed by atoms with Crippen molar-refractivity contribution in [2.24, 2.45) is 0 Å². The summed E-state index contributed by atoms with van der Waals surface area (Å²) >= 11 is 17.7. The molecule has 0 saturated carbocycles. The van der Waals surface area contributed by atoms with Crippen LogP contribution in [0.25, 0.3) is 0 Å². The van der Waals surface area contributed by atoms with Crippen LogP contribution in [0.5, 0.6) is 0 Å². The van der Waals surface area contributed by atoms with E-state index in [4.69, 9.17) is 39.9 Å². The summed E-state index contributed by atoms with van der Waals surface area (Å²) in [5, 5.41) is 13.6. The van der Waals surface area contributed by atoms with Crippen molar-refractivity contribution in [3.05, 3.63) is 27.2 Å². The minimum Gasteiger partial charge on any atom is -0.393 e. The van der Waals surface area contributed by atoms with E-state index in [0.717, 1.165) is 0 Å². The molecule has 0 spiro atoms. The van der Waals surface area contributed by atoms with Crippen LogP contribution in [0.15, 0.2) is 12.1 Å². The number of aliphatic hydroxyl groups is 1. The van der Waals surface area contributed by atoms with E-state index in [1.54, 1.807) is 19.1 Å². The highest BCUT2D eigenvalue weighted by atomic mass is 35.5. The molecule has 1 aromatic rings. The molecule has 0 fully saturated rings. The molecule has 0 bridgehead atoms. The second-order valence-corrected chi connectivity index (χ2v) is 4.56. The Morgan fingerprint density at radius 1 is 1.27 bits per heavy atom. The molecule has 1 aromatic carbocycles. The van der Waals surface area contributed by atoms with Crippen LogP contribution in [0.3, 0.4) is 0 Å². The molecule has 1 atom stereocenters. The van der Waals surface area contributed by atoms with Crippen LogP contribution in [0, 0.1) is 0 Å². The van der Waals surface area contributed by atoms with Crippen LogP contribution in [0.1, 0.15) is 13.3 Å². The molecule has 0 heterocycles. The van der Waals surface area contributed by atoms with Crippen molar-refractivity contribution in [3.63, 3.8) is 0 Å². The van der Waals surface area contributed by atoms with Gasteiger partial charge in [0.2, 0.25) is 0 Å². The van der Waals surface area contributed by atoms with E-state index in [1.807, 2.05) is 0 Å². The summed E-state index contributed by atoms with van der Waals surface area (Å²) in [4.78, 5) is 0. The van der Waals surface area contributed by atoms with Crippen molar-refractivity contribution in [1.82, 2.24) is 0 Å². The van der Waals surface area contributed by atoms with Gasteiger partial charge in [-0.15, -0.1) is 0 Å². The summed E-state index contributed by atoms with van der Waals surface area (Å²) in [6, 6.07) is 3.25. The third-order valence-electron chi connectivity index (χ3n) is 1.87. The predicted molar refractivity (Wildman–Crippen MR) is 66.3 cm³/mol. The van der Waals surface area contributed by atoms with Gasteiger partial charge >= 0.3 is 0 Å². The summed E-state index contributed by atoms with van der Waals surface area (Å²) in [5.74, 6) is 0. The average molecular weight is 269 g/mol. The number of halogens is 3. The van der Waals surface area contributed by atoms with E-state index in [2.05, 4.69) is 5.32 Å². The van der Waals surface area contributed by atoms with E-state index in [0.29, 0.717) is 33.7 Å². The number of benzene rings is 1. The normalized spacial score (nSPS) is 12.6. The largest absolute Gasteiger partial charge is 0.393 e. The Hall–Kier alpha value is -0.150. The second kappa shape index (κ2) is 5.80. The molecule has 84 valence electrons. The zero-order chi connectivity index (χ0) is 11.4. The highest BCUT2D eigenvalue weighted by Crippen LogP contribution is 2.33.